The third-order valence-corrected chi connectivity index (χ3v) is 9.99. The van der Waals surface area contributed by atoms with Crippen molar-refractivity contribution in [3.63, 3.8) is 0 Å². The first-order chi connectivity index (χ1) is 18.9. The van der Waals surface area contributed by atoms with Gasteiger partial charge in [0.1, 0.15) is 14.3 Å². The largest absolute Gasteiger partial charge is 0.373 e. The van der Waals surface area contributed by atoms with E-state index in [0.717, 1.165) is 36.3 Å². The highest BCUT2D eigenvalue weighted by molar-refractivity contribution is 7.63. The summed E-state index contributed by atoms with van der Waals surface area (Å²) in [5, 5.41) is 0. The third kappa shape index (κ3) is 24.6. The maximum Gasteiger partial charge on any atom is 0.373 e. The van der Waals surface area contributed by atoms with Gasteiger partial charge in [-0.15, -0.1) is 0 Å². The van der Waals surface area contributed by atoms with Gasteiger partial charge in [-0.1, -0.05) is 101 Å². The molecule has 0 aliphatic rings. The maximum absolute atomic E-state index is 12.2. The molecule has 0 spiro atoms. The lowest BCUT2D eigenvalue weighted by Crippen LogP contribution is -2.05. The molecule has 2 aromatic carbocycles. The molecule has 40 heavy (non-hydrogen) atoms. The van der Waals surface area contributed by atoms with E-state index in [0.29, 0.717) is 37.7 Å². The number of benzene rings is 2. The van der Waals surface area contributed by atoms with Crippen LogP contribution in [0.25, 0.3) is 0 Å². The van der Waals surface area contributed by atoms with Crippen molar-refractivity contribution in [1.82, 2.24) is 0 Å². The second kappa shape index (κ2) is 24.4. The van der Waals surface area contributed by atoms with Gasteiger partial charge in [-0.05, 0) is 36.3 Å². The van der Waals surface area contributed by atoms with Crippen molar-refractivity contribution < 1.29 is 37.8 Å². The van der Waals surface area contributed by atoms with E-state index in [1.54, 1.807) is 0 Å². The molecule has 0 N–H and O–H groups in total. The summed E-state index contributed by atoms with van der Waals surface area (Å²) in [5.74, 6) is 1.04. The van der Waals surface area contributed by atoms with Crippen LogP contribution in [0.15, 0.2) is 60.7 Å². The lowest BCUT2D eigenvalue weighted by atomic mass is 10.2. The Morgan fingerprint density at radius 3 is 1.15 bits per heavy atom. The Balaban J connectivity index is 0. The van der Waals surface area contributed by atoms with Gasteiger partial charge in [0.05, 0.1) is 25.9 Å². The molecule has 0 radical (unpaired) electrons. The number of carbonyl (C=O) groups excluding carboxylic acids is 4. The van der Waals surface area contributed by atoms with Crippen LogP contribution < -0.4 is 0 Å². The molecule has 0 aliphatic carbocycles. The van der Waals surface area contributed by atoms with Crippen LogP contribution in [-0.2, 0) is 51.0 Å². The van der Waals surface area contributed by atoms with Gasteiger partial charge in [0.2, 0.25) is 0 Å². The Bertz CT molecular complexity index is 962. The van der Waals surface area contributed by atoms with Gasteiger partial charge >= 0.3 is 12.3 Å². The quantitative estimate of drug-likeness (QED) is 0.209. The van der Waals surface area contributed by atoms with E-state index in [4.69, 9.17) is 28.7 Å². The molecule has 0 unspecified atom stereocenters. The zero-order valence-corrected chi connectivity index (χ0v) is 26.5. The Morgan fingerprint density at radius 1 is 0.625 bits per heavy atom. The van der Waals surface area contributed by atoms with Crippen LogP contribution in [0, 0.1) is 11.8 Å². The summed E-state index contributed by atoms with van der Waals surface area (Å²) in [4.78, 5) is 32.5. The summed E-state index contributed by atoms with van der Waals surface area (Å²) < 4.78 is 35.6. The number of ether oxygens (including phenoxy) is 2. The van der Waals surface area contributed by atoms with Gasteiger partial charge in [-0.25, -0.2) is 0 Å². The van der Waals surface area contributed by atoms with Crippen LogP contribution in [0.4, 0.5) is 0 Å². The minimum atomic E-state index is -2.12. The topological polar surface area (TPSA) is 121 Å². The molecule has 0 aliphatic heterocycles. The molecular weight excluding hydrogens is 550 g/mol. The molecule has 0 saturated heterocycles. The average Bonchev–Trinajstić information content (AvgIpc) is 2.90. The SMILES string of the molecule is CC[C@H](C)C[P@@](C)(=O)COCc1ccccc1.CC[C@H](C)C[P@](C)(=O)COCc1ccccc1.O=C=O.O=C=O. The van der Waals surface area contributed by atoms with Gasteiger partial charge in [0.15, 0.2) is 0 Å². The molecule has 10 heteroatoms. The van der Waals surface area contributed by atoms with E-state index in [-0.39, 0.29) is 12.3 Å². The van der Waals surface area contributed by atoms with Crippen molar-refractivity contribution >= 4 is 26.6 Å². The summed E-state index contributed by atoms with van der Waals surface area (Å²) >= 11 is 0. The van der Waals surface area contributed by atoms with Gasteiger partial charge in [-0.3, -0.25) is 0 Å². The molecule has 0 bridgehead atoms. The summed E-state index contributed by atoms with van der Waals surface area (Å²) in [6, 6.07) is 20.0. The number of hydrogen-bond acceptors (Lipinski definition) is 8. The molecular formula is C30H46O8P2. The molecule has 0 heterocycles. The summed E-state index contributed by atoms with van der Waals surface area (Å²) in [6.07, 6.45) is 5.03. The Labute approximate surface area is 240 Å². The van der Waals surface area contributed by atoms with Crippen LogP contribution in [0.1, 0.15) is 51.7 Å². The Hall–Kier alpha value is -2.42. The average molecular weight is 597 g/mol. The lowest BCUT2D eigenvalue weighted by Gasteiger charge is -2.17. The maximum atomic E-state index is 12.2. The fraction of sp³-hybridized carbons (Fsp3) is 0.533. The van der Waals surface area contributed by atoms with Crippen LogP contribution in [0.3, 0.4) is 0 Å². The smallest absolute Gasteiger partial charge is 0.369 e. The molecule has 0 amide bonds. The lowest BCUT2D eigenvalue weighted by molar-refractivity contribution is -0.193. The molecule has 224 valence electrons. The Morgan fingerprint density at radius 2 is 0.900 bits per heavy atom. The van der Waals surface area contributed by atoms with E-state index >= 15 is 0 Å². The van der Waals surface area contributed by atoms with Crippen molar-refractivity contribution in [3.8, 4) is 0 Å². The van der Waals surface area contributed by atoms with E-state index in [2.05, 4.69) is 27.7 Å². The summed E-state index contributed by atoms with van der Waals surface area (Å²) in [7, 11) is -4.25. The molecule has 2 aromatic rings. The molecule has 0 aromatic heterocycles. The van der Waals surface area contributed by atoms with Gasteiger partial charge in [0.25, 0.3) is 0 Å². The summed E-state index contributed by atoms with van der Waals surface area (Å²) in [5.41, 5.74) is 2.27. The highest BCUT2D eigenvalue weighted by Crippen LogP contribution is 2.44. The minimum Gasteiger partial charge on any atom is -0.369 e. The predicted molar refractivity (Wildman–Crippen MR) is 158 cm³/mol. The fourth-order valence-electron chi connectivity index (χ4n) is 3.54. The molecule has 0 saturated carbocycles. The second-order valence-corrected chi connectivity index (χ2v) is 16.5. The first-order valence-electron chi connectivity index (χ1n) is 13.2. The van der Waals surface area contributed by atoms with Crippen LogP contribution in [-0.4, -0.2) is 50.7 Å². The van der Waals surface area contributed by atoms with Gasteiger partial charge in [-0.2, -0.15) is 19.2 Å². The number of hydrogen-bond donors (Lipinski definition) is 0. The highest BCUT2D eigenvalue weighted by Gasteiger charge is 2.19. The van der Waals surface area contributed by atoms with E-state index in [9.17, 15) is 9.13 Å². The normalized spacial score (nSPS) is 14.3. The zero-order valence-electron chi connectivity index (χ0n) is 24.7. The highest BCUT2D eigenvalue weighted by atomic mass is 31.2. The molecule has 0 fully saturated rings. The van der Waals surface area contributed by atoms with Crippen molar-refractivity contribution in [2.45, 2.75) is 53.8 Å². The van der Waals surface area contributed by atoms with Crippen LogP contribution >= 0.6 is 14.3 Å². The summed E-state index contributed by atoms with van der Waals surface area (Å²) in [6.45, 7) is 13.4. The zero-order chi connectivity index (χ0) is 30.9. The third-order valence-electron chi connectivity index (χ3n) is 5.74. The van der Waals surface area contributed by atoms with Crippen LogP contribution in [0.2, 0.25) is 0 Å². The van der Waals surface area contributed by atoms with E-state index in [1.807, 2.05) is 74.0 Å². The monoisotopic (exact) mass is 596 g/mol. The molecule has 4 atom stereocenters. The van der Waals surface area contributed by atoms with Crippen molar-refractivity contribution in [3.05, 3.63) is 71.8 Å². The van der Waals surface area contributed by atoms with Gasteiger partial charge in [0, 0.05) is 12.3 Å². The van der Waals surface area contributed by atoms with E-state index in [1.165, 1.54) is 0 Å². The molecule has 2 rings (SSSR count). The molecule has 8 nitrogen and oxygen atoms in total. The second-order valence-electron chi connectivity index (χ2n) is 10.1. The van der Waals surface area contributed by atoms with Crippen molar-refractivity contribution in [2.24, 2.45) is 11.8 Å². The van der Waals surface area contributed by atoms with Crippen LogP contribution in [0.5, 0.6) is 0 Å². The standard InChI is InChI=1S/2C14H23O2P.2CO2/c2*1-4-13(2)11-17(3,15)12-16-10-14-8-6-5-7-9-14;2*2-1-3/h2*5-9,13H,4,10-12H2,1-3H3;;/t13-,17+;13-,17-;;/m00../s1. The first-order valence-corrected chi connectivity index (χ1v) is 18.3. The van der Waals surface area contributed by atoms with Crippen molar-refractivity contribution in [1.29, 1.82) is 0 Å². The fourth-order valence-corrected chi connectivity index (χ4v) is 7.86. The number of rotatable bonds is 14. The van der Waals surface area contributed by atoms with Gasteiger partial charge < -0.3 is 18.6 Å². The van der Waals surface area contributed by atoms with E-state index < -0.39 is 14.3 Å². The predicted octanol–water partition coefficient (Wildman–Crippen LogP) is 7.23. The first kappa shape index (κ1) is 39.7. The van der Waals surface area contributed by atoms with Crippen molar-refractivity contribution in [2.75, 3.05) is 38.3 Å². The Kier molecular flexibility index (Phi) is 24.2. The minimum absolute atomic E-state index is 0.250.